The van der Waals surface area contributed by atoms with Crippen LogP contribution in [0.4, 0.5) is 0 Å². The summed E-state index contributed by atoms with van der Waals surface area (Å²) in [6, 6.07) is 14.7. The monoisotopic (exact) mass is 552 g/mol. The van der Waals surface area contributed by atoms with Crippen molar-refractivity contribution in [2.24, 2.45) is 0 Å². The van der Waals surface area contributed by atoms with Crippen LogP contribution in [0.3, 0.4) is 0 Å². The van der Waals surface area contributed by atoms with Gasteiger partial charge in [-0.2, -0.15) is 16.8 Å². The van der Waals surface area contributed by atoms with Gasteiger partial charge in [-0.15, -0.1) is 0 Å². The normalized spacial score (nSPS) is 14.2. The molecule has 8 nitrogen and oxygen atoms in total. The largest absolute Gasteiger partial charge is 0.295 e. The van der Waals surface area contributed by atoms with Crippen LogP contribution in [0.25, 0.3) is 22.4 Å². The summed E-state index contributed by atoms with van der Waals surface area (Å²) in [5.74, 6) is -0.268. The van der Waals surface area contributed by atoms with Gasteiger partial charge in [0.25, 0.3) is 20.2 Å². The van der Waals surface area contributed by atoms with Crippen LogP contribution < -0.4 is 0 Å². The van der Waals surface area contributed by atoms with Gasteiger partial charge in [0, 0.05) is 0 Å². The van der Waals surface area contributed by atoms with Crippen LogP contribution in [0.15, 0.2) is 64.4 Å². The van der Waals surface area contributed by atoms with Gasteiger partial charge in [0.15, 0.2) is 9.84 Å². The molecule has 0 aliphatic carbocycles. The van der Waals surface area contributed by atoms with Gasteiger partial charge in [0.1, 0.15) is 4.90 Å². The summed E-state index contributed by atoms with van der Waals surface area (Å²) in [4.78, 5) is -0.149. The number of aryl methyl sites for hydroxylation is 1. The molecule has 11 heteroatoms. The first-order valence-electron chi connectivity index (χ1n) is 11.1. The topological polar surface area (TPSA) is 143 Å². The zero-order chi connectivity index (χ0) is 26.9. The van der Waals surface area contributed by atoms with Crippen LogP contribution in [-0.2, 0) is 30.1 Å². The van der Waals surface area contributed by atoms with E-state index in [4.69, 9.17) is 4.55 Å². The molecule has 0 aromatic heterocycles. The quantitative estimate of drug-likeness (QED) is 0.285. The fourth-order valence-corrected chi connectivity index (χ4v) is 6.42. The molecule has 3 rings (SSSR count). The molecule has 194 valence electrons. The SMILES string of the molecule is CC(=Cc1ccc(S(=O)(=O)CCCC(C)S(=O)(=O)O)cc1)c1cc2ccc(C)cc2cc1S(=O)(=O)O. The third-order valence-corrected chi connectivity index (χ3v) is 9.91. The number of fused-ring (bicyclic) bond motifs is 1. The number of hydrogen-bond acceptors (Lipinski definition) is 6. The summed E-state index contributed by atoms with van der Waals surface area (Å²) in [6.07, 6.45) is 1.78. The van der Waals surface area contributed by atoms with E-state index in [2.05, 4.69) is 0 Å². The molecule has 3 aromatic carbocycles. The van der Waals surface area contributed by atoms with Crippen molar-refractivity contribution < 1.29 is 34.4 Å². The minimum atomic E-state index is -4.50. The maximum atomic E-state index is 12.6. The predicted molar refractivity (Wildman–Crippen MR) is 141 cm³/mol. The summed E-state index contributed by atoms with van der Waals surface area (Å²) in [5, 5.41) is 0.440. The summed E-state index contributed by atoms with van der Waals surface area (Å²) in [7, 11) is -12.4. The molecule has 0 fully saturated rings. The van der Waals surface area contributed by atoms with Crippen molar-refractivity contribution in [3.05, 3.63) is 71.3 Å². The smallest absolute Gasteiger partial charge is 0.285 e. The molecule has 0 spiro atoms. The minimum Gasteiger partial charge on any atom is -0.285 e. The van der Waals surface area contributed by atoms with E-state index in [0.717, 1.165) is 10.9 Å². The molecule has 0 saturated carbocycles. The fourth-order valence-electron chi connectivity index (χ4n) is 3.84. The second kappa shape index (κ2) is 10.4. The first-order valence-corrected chi connectivity index (χ1v) is 15.7. The number of rotatable bonds is 9. The Kier molecular flexibility index (Phi) is 8.11. The second-order valence-corrected chi connectivity index (χ2v) is 14.2. The first kappa shape index (κ1) is 28.0. The van der Waals surface area contributed by atoms with Crippen LogP contribution >= 0.6 is 0 Å². The summed E-state index contributed by atoms with van der Waals surface area (Å²) < 4.78 is 90.4. The zero-order valence-corrected chi connectivity index (χ0v) is 22.5. The molecule has 0 saturated heterocycles. The molecule has 3 aromatic rings. The molecule has 0 bridgehead atoms. The van der Waals surface area contributed by atoms with Crippen LogP contribution in [-0.4, -0.2) is 45.4 Å². The van der Waals surface area contributed by atoms with E-state index < -0.39 is 35.3 Å². The predicted octanol–water partition coefficient (Wildman–Crippen LogP) is 4.79. The van der Waals surface area contributed by atoms with E-state index in [-0.39, 0.29) is 28.4 Å². The summed E-state index contributed by atoms with van der Waals surface area (Å²) in [6.45, 7) is 4.90. The Bertz CT molecular complexity index is 1640. The average molecular weight is 553 g/mol. The molecule has 1 unspecified atom stereocenters. The molecule has 0 aliphatic rings. The van der Waals surface area contributed by atoms with Crippen molar-refractivity contribution in [3.63, 3.8) is 0 Å². The maximum Gasteiger partial charge on any atom is 0.295 e. The van der Waals surface area contributed by atoms with Crippen LogP contribution in [0.5, 0.6) is 0 Å². The van der Waals surface area contributed by atoms with E-state index in [9.17, 15) is 29.8 Å². The molecule has 2 N–H and O–H groups in total. The molecule has 0 heterocycles. The minimum absolute atomic E-state index is 0.0134. The Balaban J connectivity index is 1.88. The lowest BCUT2D eigenvalue weighted by Crippen LogP contribution is -2.18. The molecule has 0 aliphatic heterocycles. The Hall–Kier alpha value is -2.57. The molecular formula is C25H28O8S3. The highest BCUT2D eigenvalue weighted by molar-refractivity contribution is 7.91. The highest BCUT2D eigenvalue weighted by Gasteiger charge is 2.20. The summed E-state index contributed by atoms with van der Waals surface area (Å²) in [5.41, 5.74) is 2.46. The molecular weight excluding hydrogens is 524 g/mol. The lowest BCUT2D eigenvalue weighted by atomic mass is 9.99. The third kappa shape index (κ3) is 6.80. The van der Waals surface area contributed by atoms with Crippen molar-refractivity contribution in [1.29, 1.82) is 0 Å². The fraction of sp³-hybridized carbons (Fsp3) is 0.280. The Morgan fingerprint density at radius 2 is 1.53 bits per heavy atom. The molecule has 36 heavy (non-hydrogen) atoms. The highest BCUT2D eigenvalue weighted by Crippen LogP contribution is 2.30. The first-order chi connectivity index (χ1) is 16.6. The van der Waals surface area contributed by atoms with Crippen molar-refractivity contribution in [3.8, 4) is 0 Å². The van der Waals surface area contributed by atoms with Gasteiger partial charge in [-0.3, -0.25) is 9.11 Å². The highest BCUT2D eigenvalue weighted by atomic mass is 32.2. The Morgan fingerprint density at radius 1 is 0.889 bits per heavy atom. The van der Waals surface area contributed by atoms with Crippen molar-refractivity contribution in [2.45, 2.75) is 48.7 Å². The Morgan fingerprint density at radius 3 is 2.11 bits per heavy atom. The van der Waals surface area contributed by atoms with Gasteiger partial charge < -0.3 is 0 Å². The van der Waals surface area contributed by atoms with Gasteiger partial charge in [-0.05, 0) is 85.4 Å². The van der Waals surface area contributed by atoms with Gasteiger partial charge in [0.2, 0.25) is 0 Å². The van der Waals surface area contributed by atoms with Crippen LogP contribution in [0.2, 0.25) is 0 Å². The van der Waals surface area contributed by atoms with Crippen molar-refractivity contribution >= 4 is 52.5 Å². The Labute approximate surface area is 212 Å². The number of allylic oxidation sites excluding steroid dienone is 1. The zero-order valence-electron chi connectivity index (χ0n) is 20.0. The van der Waals surface area contributed by atoms with E-state index in [1.165, 1.54) is 25.1 Å². The third-order valence-electron chi connectivity index (χ3n) is 5.95. The number of benzene rings is 3. The van der Waals surface area contributed by atoms with Crippen molar-refractivity contribution in [1.82, 2.24) is 0 Å². The van der Waals surface area contributed by atoms with Gasteiger partial charge in [-0.1, -0.05) is 42.0 Å². The lowest BCUT2D eigenvalue weighted by molar-refractivity contribution is 0.465. The number of sulfone groups is 1. The van der Waals surface area contributed by atoms with Gasteiger partial charge in [0.05, 0.1) is 15.9 Å². The second-order valence-electron chi connectivity index (χ2n) is 8.86. The van der Waals surface area contributed by atoms with Crippen molar-refractivity contribution in [2.75, 3.05) is 5.75 Å². The number of hydrogen-bond donors (Lipinski definition) is 2. The standard InChI is InChI=1S/C25H28O8S3/c1-17-6-9-21-15-24(25(36(31,32)33)16-22(21)13-17)18(2)14-20-7-10-23(11-8-20)34(26,27)12-4-5-19(3)35(28,29)30/h6-11,13-16,19H,4-5,12H2,1-3H3,(H,28,29,30)(H,31,32,33). The summed E-state index contributed by atoms with van der Waals surface area (Å²) >= 11 is 0. The van der Waals surface area contributed by atoms with Gasteiger partial charge >= 0.3 is 0 Å². The molecule has 0 radical (unpaired) electrons. The molecule has 0 amide bonds. The van der Waals surface area contributed by atoms with E-state index in [1.54, 1.807) is 31.2 Å². The van der Waals surface area contributed by atoms with E-state index >= 15 is 0 Å². The maximum absolute atomic E-state index is 12.6. The van der Waals surface area contributed by atoms with Crippen LogP contribution in [0, 0.1) is 6.92 Å². The lowest BCUT2D eigenvalue weighted by Gasteiger charge is -2.11. The van der Waals surface area contributed by atoms with E-state index in [0.29, 0.717) is 22.1 Å². The average Bonchev–Trinajstić information content (AvgIpc) is 2.77. The molecule has 1 atom stereocenters. The van der Waals surface area contributed by atoms with Crippen LogP contribution in [0.1, 0.15) is 43.4 Å². The van der Waals surface area contributed by atoms with E-state index in [1.807, 2.05) is 25.1 Å². The van der Waals surface area contributed by atoms with Gasteiger partial charge in [-0.25, -0.2) is 8.42 Å².